The Balaban J connectivity index is 1.75. The molecule has 1 aliphatic carbocycles. The first-order chi connectivity index (χ1) is 14.6. The summed E-state index contributed by atoms with van der Waals surface area (Å²) in [6, 6.07) is 7.68. The van der Waals surface area contributed by atoms with Crippen molar-refractivity contribution in [2.75, 3.05) is 12.3 Å². The Morgan fingerprint density at radius 1 is 1.23 bits per heavy atom. The molecule has 0 bridgehead atoms. The predicted molar refractivity (Wildman–Crippen MR) is 120 cm³/mol. The third-order valence-corrected chi connectivity index (χ3v) is 6.03. The molecule has 1 aromatic carbocycles. The Labute approximate surface area is 177 Å². The molecule has 0 amide bonds. The molecule has 6 nitrogen and oxygen atoms in total. The molecule has 0 spiro atoms. The van der Waals surface area contributed by atoms with E-state index < -0.39 is 5.97 Å². The fourth-order valence-corrected chi connectivity index (χ4v) is 3.94. The number of carbonyl (C=O) groups excluding carboxylic acids is 1. The number of nitrogen functional groups attached to an aromatic ring is 1. The molecule has 6 heteroatoms. The van der Waals surface area contributed by atoms with E-state index >= 15 is 0 Å². The van der Waals surface area contributed by atoms with E-state index in [-0.39, 0.29) is 0 Å². The second kappa shape index (κ2) is 8.86. The molecule has 0 unspecified atom stereocenters. The van der Waals surface area contributed by atoms with Crippen LogP contribution in [0.15, 0.2) is 35.9 Å². The van der Waals surface area contributed by atoms with Crippen molar-refractivity contribution in [1.82, 2.24) is 14.5 Å². The SMILES string of the molecule is CC[C@@H](C)COC(=O)c1c(N)n(CCC2=CCCCC2)c2nc3ccccc3nc12. The molecule has 0 radical (unpaired) electrons. The van der Waals surface area contributed by atoms with Crippen LogP contribution in [0, 0.1) is 5.92 Å². The number of para-hydroxylation sites is 2. The molecule has 2 heterocycles. The maximum Gasteiger partial charge on any atom is 0.344 e. The first kappa shape index (κ1) is 20.4. The summed E-state index contributed by atoms with van der Waals surface area (Å²) < 4.78 is 7.51. The average Bonchev–Trinajstić information content (AvgIpc) is 3.05. The van der Waals surface area contributed by atoms with Crippen molar-refractivity contribution in [1.29, 1.82) is 0 Å². The minimum absolute atomic E-state index is 0.300. The number of hydrogen-bond acceptors (Lipinski definition) is 5. The second-order valence-electron chi connectivity index (χ2n) is 8.27. The van der Waals surface area contributed by atoms with Crippen molar-refractivity contribution in [2.45, 2.75) is 58.9 Å². The van der Waals surface area contributed by atoms with Gasteiger partial charge in [-0.15, -0.1) is 0 Å². The number of anilines is 1. The van der Waals surface area contributed by atoms with E-state index in [0.717, 1.165) is 36.7 Å². The number of aromatic nitrogens is 3. The summed E-state index contributed by atoms with van der Waals surface area (Å²) in [6.45, 7) is 5.19. The minimum atomic E-state index is -0.419. The smallest absolute Gasteiger partial charge is 0.344 e. The third kappa shape index (κ3) is 4.04. The Bertz CT molecular complexity index is 1100. The summed E-state index contributed by atoms with van der Waals surface area (Å²) in [6.07, 6.45) is 8.99. The van der Waals surface area contributed by atoms with Gasteiger partial charge < -0.3 is 15.0 Å². The van der Waals surface area contributed by atoms with Crippen LogP contribution < -0.4 is 5.73 Å². The fourth-order valence-electron chi connectivity index (χ4n) is 3.94. The van der Waals surface area contributed by atoms with Crippen LogP contribution in [0.25, 0.3) is 22.2 Å². The van der Waals surface area contributed by atoms with Crippen molar-refractivity contribution >= 4 is 34.0 Å². The van der Waals surface area contributed by atoms with Crippen LogP contribution in [0.2, 0.25) is 0 Å². The maximum absolute atomic E-state index is 13.0. The van der Waals surface area contributed by atoms with Gasteiger partial charge in [-0.1, -0.05) is 44.1 Å². The van der Waals surface area contributed by atoms with Crippen molar-refractivity contribution in [3.63, 3.8) is 0 Å². The number of rotatable bonds is 7. The number of nitrogens with two attached hydrogens (primary N) is 1. The number of allylic oxidation sites excluding steroid dienone is 2. The number of benzene rings is 1. The Morgan fingerprint density at radius 2 is 2.00 bits per heavy atom. The number of ether oxygens (including phenoxy) is 1. The molecule has 0 aliphatic heterocycles. The molecular formula is C24H30N4O2. The molecule has 1 atom stereocenters. The fraction of sp³-hybridized carbons (Fsp3) is 0.458. The highest BCUT2D eigenvalue weighted by Gasteiger charge is 2.25. The lowest BCUT2D eigenvalue weighted by molar-refractivity contribution is 0.0450. The third-order valence-electron chi connectivity index (χ3n) is 6.03. The Kier molecular flexibility index (Phi) is 6.02. The van der Waals surface area contributed by atoms with Crippen LogP contribution in [0.4, 0.5) is 5.82 Å². The molecule has 4 rings (SSSR count). The molecule has 1 aliphatic rings. The van der Waals surface area contributed by atoms with E-state index in [2.05, 4.69) is 19.9 Å². The highest BCUT2D eigenvalue weighted by Crippen LogP contribution is 2.30. The van der Waals surface area contributed by atoms with E-state index in [0.29, 0.717) is 41.6 Å². The molecule has 0 saturated carbocycles. The van der Waals surface area contributed by atoms with Crippen molar-refractivity contribution in [2.24, 2.45) is 5.92 Å². The zero-order valence-electron chi connectivity index (χ0n) is 17.9. The molecular weight excluding hydrogens is 376 g/mol. The lowest BCUT2D eigenvalue weighted by Crippen LogP contribution is -2.14. The number of hydrogen-bond donors (Lipinski definition) is 1. The van der Waals surface area contributed by atoms with Gasteiger partial charge in [0.2, 0.25) is 0 Å². The van der Waals surface area contributed by atoms with E-state index in [4.69, 9.17) is 20.4 Å². The number of aryl methyl sites for hydroxylation is 1. The van der Waals surface area contributed by atoms with Gasteiger partial charge in [-0.25, -0.2) is 14.8 Å². The summed E-state index contributed by atoms with van der Waals surface area (Å²) in [5.41, 5.74) is 11.0. The maximum atomic E-state index is 13.0. The van der Waals surface area contributed by atoms with Crippen LogP contribution in [0.3, 0.4) is 0 Å². The molecule has 2 N–H and O–H groups in total. The zero-order chi connectivity index (χ0) is 21.1. The quantitative estimate of drug-likeness (QED) is 0.427. The zero-order valence-corrected chi connectivity index (χ0v) is 17.9. The van der Waals surface area contributed by atoms with E-state index in [1.54, 1.807) is 0 Å². The van der Waals surface area contributed by atoms with E-state index in [9.17, 15) is 4.79 Å². The minimum Gasteiger partial charge on any atom is -0.462 e. The first-order valence-electron chi connectivity index (χ1n) is 11.0. The topological polar surface area (TPSA) is 83.0 Å². The van der Waals surface area contributed by atoms with Crippen molar-refractivity contribution < 1.29 is 9.53 Å². The number of carbonyl (C=O) groups is 1. The molecule has 0 fully saturated rings. The first-order valence-corrected chi connectivity index (χ1v) is 11.0. The van der Waals surface area contributed by atoms with Crippen molar-refractivity contribution in [3.8, 4) is 0 Å². The average molecular weight is 407 g/mol. The van der Waals surface area contributed by atoms with Gasteiger partial charge in [-0.2, -0.15) is 0 Å². The van der Waals surface area contributed by atoms with Gasteiger partial charge in [0.1, 0.15) is 16.9 Å². The number of fused-ring (bicyclic) bond motifs is 2. The van der Waals surface area contributed by atoms with Gasteiger partial charge in [0.15, 0.2) is 5.65 Å². The van der Waals surface area contributed by atoms with Gasteiger partial charge >= 0.3 is 5.97 Å². The van der Waals surface area contributed by atoms with E-state index in [1.807, 2.05) is 28.8 Å². The predicted octanol–water partition coefficient (Wildman–Crippen LogP) is 5.26. The number of nitrogens with zero attached hydrogens (tertiary/aromatic N) is 3. The van der Waals surface area contributed by atoms with Crippen LogP contribution in [0.1, 0.15) is 62.7 Å². The monoisotopic (exact) mass is 406 g/mol. The molecule has 3 aromatic rings. The Morgan fingerprint density at radius 3 is 2.70 bits per heavy atom. The molecule has 0 saturated heterocycles. The summed E-state index contributed by atoms with van der Waals surface area (Å²) in [7, 11) is 0. The van der Waals surface area contributed by atoms with Crippen LogP contribution in [-0.4, -0.2) is 27.1 Å². The van der Waals surface area contributed by atoms with Crippen LogP contribution in [0.5, 0.6) is 0 Å². The summed E-state index contributed by atoms with van der Waals surface area (Å²) in [5.74, 6) is 0.276. The standard InChI is InChI=1S/C24H30N4O2/c1-3-16(2)15-30-24(29)20-21-23(27-19-12-8-7-11-18(19)26-21)28(22(20)25)14-13-17-9-5-4-6-10-17/h7-9,11-12,16H,3-6,10,13-15,25H2,1-2H3/t16-/m1/s1. The van der Waals surface area contributed by atoms with Gasteiger partial charge in [0, 0.05) is 6.54 Å². The highest BCUT2D eigenvalue weighted by atomic mass is 16.5. The molecule has 2 aromatic heterocycles. The lowest BCUT2D eigenvalue weighted by Gasteiger charge is -2.14. The molecule has 158 valence electrons. The lowest BCUT2D eigenvalue weighted by atomic mass is 9.97. The van der Waals surface area contributed by atoms with Gasteiger partial charge in [-0.05, 0) is 50.2 Å². The van der Waals surface area contributed by atoms with Crippen LogP contribution in [-0.2, 0) is 11.3 Å². The largest absolute Gasteiger partial charge is 0.462 e. The Hall–Kier alpha value is -2.89. The summed E-state index contributed by atoms with van der Waals surface area (Å²) in [5, 5.41) is 0. The highest BCUT2D eigenvalue weighted by molar-refractivity contribution is 6.08. The normalized spacial score (nSPS) is 15.3. The second-order valence-corrected chi connectivity index (χ2v) is 8.27. The van der Waals surface area contributed by atoms with E-state index in [1.165, 1.54) is 18.4 Å². The number of esters is 1. The van der Waals surface area contributed by atoms with Gasteiger partial charge in [0.05, 0.1) is 17.6 Å². The summed E-state index contributed by atoms with van der Waals surface area (Å²) >= 11 is 0. The van der Waals surface area contributed by atoms with Crippen molar-refractivity contribution in [3.05, 3.63) is 41.5 Å². The molecule has 30 heavy (non-hydrogen) atoms. The van der Waals surface area contributed by atoms with Gasteiger partial charge in [-0.3, -0.25) is 0 Å². The van der Waals surface area contributed by atoms with Crippen LogP contribution >= 0.6 is 0 Å². The summed E-state index contributed by atoms with van der Waals surface area (Å²) in [4.78, 5) is 22.5. The van der Waals surface area contributed by atoms with Gasteiger partial charge in [0.25, 0.3) is 0 Å².